The quantitative estimate of drug-likeness (QED) is 0.579. The van der Waals surface area contributed by atoms with Crippen molar-refractivity contribution >= 4 is 51.1 Å². The average molecular weight is 378 g/mol. The molecule has 1 aromatic heterocycles. The van der Waals surface area contributed by atoms with Gasteiger partial charge in [-0.2, -0.15) is 0 Å². The van der Waals surface area contributed by atoms with Gasteiger partial charge < -0.3 is 4.52 Å². The Kier molecular flexibility index (Phi) is 6.40. The summed E-state index contributed by atoms with van der Waals surface area (Å²) in [7, 11) is 0. The fourth-order valence-corrected chi connectivity index (χ4v) is 7.95. The number of thiophene rings is 1. The highest BCUT2D eigenvalue weighted by Crippen LogP contribution is 2.58. The molecule has 0 amide bonds. The molecular formula is C15H21ClNO2PS2. The summed E-state index contributed by atoms with van der Waals surface area (Å²) in [5.74, 6) is 0.666. The molecule has 0 aliphatic heterocycles. The lowest BCUT2D eigenvalue weighted by atomic mass is 10.1. The summed E-state index contributed by atoms with van der Waals surface area (Å²) < 4.78 is 19.5. The third-order valence-corrected chi connectivity index (χ3v) is 9.00. The van der Waals surface area contributed by atoms with Gasteiger partial charge >= 0.3 is 6.72 Å². The van der Waals surface area contributed by atoms with Crippen molar-refractivity contribution in [3.05, 3.63) is 33.7 Å². The van der Waals surface area contributed by atoms with Gasteiger partial charge in [-0.3, -0.25) is 4.57 Å². The SMILES string of the molecule is CCO[P@@](=O)(NC(C)C)SCc1sc2ccc(Cl)cc2c1C. The third kappa shape index (κ3) is 4.50. The van der Waals surface area contributed by atoms with E-state index in [1.807, 2.05) is 39.0 Å². The van der Waals surface area contributed by atoms with E-state index in [2.05, 4.69) is 12.0 Å². The van der Waals surface area contributed by atoms with E-state index in [1.165, 1.54) is 31.9 Å². The number of nitrogens with one attached hydrogen (secondary N) is 1. The van der Waals surface area contributed by atoms with Crippen LogP contribution in [0.5, 0.6) is 0 Å². The first kappa shape index (κ1) is 18.3. The highest BCUT2D eigenvalue weighted by Gasteiger charge is 2.25. The first-order chi connectivity index (χ1) is 10.3. The molecule has 0 saturated carbocycles. The number of benzene rings is 1. The number of halogens is 1. The lowest BCUT2D eigenvalue weighted by molar-refractivity contribution is 0.335. The molecule has 1 atom stereocenters. The Morgan fingerprint density at radius 3 is 2.82 bits per heavy atom. The standard InChI is InChI=1S/C15H21ClNO2PS2/c1-5-19-20(18,17-10(2)3)21-9-15-11(4)13-8-12(16)6-7-14(13)22-15/h6-8,10H,5,9H2,1-4H3,(H,17,18)/t20-/m0/s1. The van der Waals surface area contributed by atoms with Crippen LogP contribution in [-0.4, -0.2) is 12.6 Å². The van der Waals surface area contributed by atoms with Crippen molar-refractivity contribution in [3.63, 3.8) is 0 Å². The maximum Gasteiger partial charge on any atom is 0.327 e. The van der Waals surface area contributed by atoms with E-state index >= 15 is 0 Å². The van der Waals surface area contributed by atoms with E-state index < -0.39 is 6.72 Å². The predicted molar refractivity (Wildman–Crippen MR) is 100 cm³/mol. The van der Waals surface area contributed by atoms with Crippen molar-refractivity contribution in [2.45, 2.75) is 39.5 Å². The van der Waals surface area contributed by atoms with Crippen molar-refractivity contribution in [1.29, 1.82) is 0 Å². The minimum absolute atomic E-state index is 0.118. The van der Waals surface area contributed by atoms with Gasteiger partial charge in [0.05, 0.1) is 6.61 Å². The molecule has 0 bridgehead atoms. The fraction of sp³-hybridized carbons (Fsp3) is 0.467. The van der Waals surface area contributed by atoms with Crippen molar-refractivity contribution in [2.24, 2.45) is 0 Å². The van der Waals surface area contributed by atoms with Crippen LogP contribution in [0, 0.1) is 6.92 Å². The Morgan fingerprint density at radius 2 is 2.18 bits per heavy atom. The second-order valence-corrected chi connectivity index (χ2v) is 11.1. The summed E-state index contributed by atoms with van der Waals surface area (Å²) in [5.41, 5.74) is 1.21. The van der Waals surface area contributed by atoms with Crippen LogP contribution < -0.4 is 5.09 Å². The van der Waals surface area contributed by atoms with Crippen LogP contribution in [-0.2, 0) is 14.8 Å². The summed E-state index contributed by atoms with van der Waals surface area (Å²) in [6, 6.07) is 6.05. The second kappa shape index (κ2) is 7.69. The smallest absolute Gasteiger partial charge is 0.310 e. The molecule has 1 heterocycles. The molecule has 0 radical (unpaired) electrons. The second-order valence-electron chi connectivity index (χ2n) is 5.26. The molecular weight excluding hydrogens is 357 g/mol. The van der Waals surface area contributed by atoms with Gasteiger partial charge in [-0.1, -0.05) is 11.6 Å². The monoisotopic (exact) mass is 377 g/mol. The van der Waals surface area contributed by atoms with Gasteiger partial charge in [0, 0.05) is 26.4 Å². The Balaban J connectivity index is 2.19. The molecule has 22 heavy (non-hydrogen) atoms. The highest BCUT2D eigenvalue weighted by molar-refractivity contribution is 8.55. The lowest BCUT2D eigenvalue weighted by Crippen LogP contribution is -2.19. The van der Waals surface area contributed by atoms with Gasteiger partial charge in [0.15, 0.2) is 0 Å². The Morgan fingerprint density at radius 1 is 1.45 bits per heavy atom. The Labute approximate surface area is 145 Å². The van der Waals surface area contributed by atoms with Crippen LogP contribution in [0.1, 0.15) is 31.2 Å². The molecule has 0 aliphatic carbocycles. The zero-order valence-electron chi connectivity index (χ0n) is 13.2. The topological polar surface area (TPSA) is 38.3 Å². The van der Waals surface area contributed by atoms with Gasteiger partial charge in [-0.05, 0) is 68.2 Å². The van der Waals surface area contributed by atoms with Crippen molar-refractivity contribution in [1.82, 2.24) is 5.09 Å². The zero-order valence-corrected chi connectivity index (χ0v) is 16.5. The molecule has 1 aromatic carbocycles. The van der Waals surface area contributed by atoms with Crippen molar-refractivity contribution < 1.29 is 9.09 Å². The molecule has 0 saturated heterocycles. The first-order valence-electron chi connectivity index (χ1n) is 7.19. The predicted octanol–water partition coefficient (Wildman–Crippen LogP) is 6.24. The maximum atomic E-state index is 12.8. The average Bonchev–Trinajstić information content (AvgIpc) is 2.73. The van der Waals surface area contributed by atoms with Crippen LogP contribution in [0.25, 0.3) is 10.1 Å². The fourth-order valence-electron chi connectivity index (χ4n) is 2.12. The molecule has 2 rings (SSSR count). The van der Waals surface area contributed by atoms with Gasteiger partial charge in [0.1, 0.15) is 0 Å². The number of fused-ring (bicyclic) bond motifs is 1. The Bertz CT molecular complexity index is 702. The molecule has 0 fully saturated rings. The normalized spacial score (nSPS) is 14.6. The third-order valence-electron chi connectivity index (χ3n) is 3.08. The van der Waals surface area contributed by atoms with Gasteiger partial charge in [0.2, 0.25) is 0 Å². The molecule has 0 aliphatic rings. The Hall–Kier alpha value is -0.0300. The van der Waals surface area contributed by atoms with Gasteiger partial charge in [0.25, 0.3) is 0 Å². The van der Waals surface area contributed by atoms with Crippen LogP contribution in [0.3, 0.4) is 0 Å². The van der Waals surface area contributed by atoms with E-state index in [0.29, 0.717) is 12.4 Å². The molecule has 0 unspecified atom stereocenters. The minimum atomic E-state index is -2.87. The number of hydrogen-bond acceptors (Lipinski definition) is 4. The molecule has 0 spiro atoms. The van der Waals surface area contributed by atoms with Crippen molar-refractivity contribution in [3.8, 4) is 0 Å². The maximum absolute atomic E-state index is 12.8. The van der Waals surface area contributed by atoms with Crippen LogP contribution in [0.2, 0.25) is 5.02 Å². The summed E-state index contributed by atoms with van der Waals surface area (Å²) in [6.07, 6.45) is 0. The largest absolute Gasteiger partial charge is 0.327 e. The van der Waals surface area contributed by atoms with Gasteiger partial charge in [-0.15, -0.1) is 11.3 Å². The highest BCUT2D eigenvalue weighted by atomic mass is 35.5. The summed E-state index contributed by atoms with van der Waals surface area (Å²) >= 11 is 9.16. The van der Waals surface area contributed by atoms with Crippen LogP contribution in [0.4, 0.5) is 0 Å². The van der Waals surface area contributed by atoms with Crippen LogP contribution >= 0.6 is 41.0 Å². The van der Waals surface area contributed by atoms with Crippen molar-refractivity contribution in [2.75, 3.05) is 6.61 Å². The first-order valence-corrected chi connectivity index (χ1v) is 11.6. The van der Waals surface area contributed by atoms with E-state index in [0.717, 1.165) is 5.02 Å². The molecule has 3 nitrogen and oxygen atoms in total. The molecule has 122 valence electrons. The minimum Gasteiger partial charge on any atom is -0.310 e. The number of hydrogen-bond donors (Lipinski definition) is 1. The molecule has 7 heteroatoms. The summed E-state index contributed by atoms with van der Waals surface area (Å²) in [4.78, 5) is 1.22. The van der Waals surface area contributed by atoms with E-state index in [1.54, 1.807) is 11.3 Å². The van der Waals surface area contributed by atoms with E-state index in [-0.39, 0.29) is 6.04 Å². The molecule has 1 N–H and O–H groups in total. The van der Waals surface area contributed by atoms with Crippen LogP contribution in [0.15, 0.2) is 18.2 Å². The molecule has 2 aromatic rings. The number of rotatable bonds is 7. The van der Waals surface area contributed by atoms with E-state index in [9.17, 15) is 4.57 Å². The summed E-state index contributed by atoms with van der Waals surface area (Å²) in [6.45, 7) is 5.46. The number of aryl methyl sites for hydroxylation is 1. The summed E-state index contributed by atoms with van der Waals surface area (Å²) in [5, 5.41) is 4.99. The lowest BCUT2D eigenvalue weighted by Gasteiger charge is -2.20. The zero-order chi connectivity index (χ0) is 16.3. The van der Waals surface area contributed by atoms with Gasteiger partial charge in [-0.25, -0.2) is 5.09 Å². The van der Waals surface area contributed by atoms with E-state index in [4.69, 9.17) is 16.1 Å².